The van der Waals surface area contributed by atoms with Gasteiger partial charge in [0.25, 0.3) is 5.91 Å². The summed E-state index contributed by atoms with van der Waals surface area (Å²) in [5.41, 5.74) is 1.57. The number of carbonyl (C=O) groups is 2. The smallest absolute Gasteiger partial charge is 0.251 e. The molecule has 0 spiro atoms. The maximum atomic E-state index is 12.0. The lowest BCUT2D eigenvalue weighted by Crippen LogP contribution is -2.34. The predicted octanol–water partition coefficient (Wildman–Crippen LogP) is 2.18. The van der Waals surface area contributed by atoms with Gasteiger partial charge in [0.05, 0.1) is 14.2 Å². The van der Waals surface area contributed by atoms with Gasteiger partial charge in [0.1, 0.15) is 11.5 Å². The van der Waals surface area contributed by atoms with Gasteiger partial charge in [-0.2, -0.15) is 0 Å². The Morgan fingerprint density at radius 2 is 1.50 bits per heavy atom. The lowest BCUT2D eigenvalue weighted by atomic mass is 10.1. The third kappa shape index (κ3) is 6.12. The Labute approximate surface area is 153 Å². The molecule has 0 aliphatic heterocycles. The highest BCUT2D eigenvalue weighted by Crippen LogP contribution is 2.23. The Bertz CT molecular complexity index is 710. The van der Waals surface area contributed by atoms with Crippen LogP contribution in [0.2, 0.25) is 0 Å². The Morgan fingerprint density at radius 3 is 2.12 bits per heavy atom. The van der Waals surface area contributed by atoms with Crippen molar-refractivity contribution >= 4 is 11.8 Å². The third-order valence-corrected chi connectivity index (χ3v) is 3.82. The average Bonchev–Trinajstić information content (AvgIpc) is 2.69. The second-order valence-corrected chi connectivity index (χ2v) is 5.69. The van der Waals surface area contributed by atoms with Gasteiger partial charge in [-0.1, -0.05) is 18.2 Å². The van der Waals surface area contributed by atoms with Gasteiger partial charge in [-0.15, -0.1) is 0 Å². The van der Waals surface area contributed by atoms with Crippen LogP contribution < -0.4 is 20.1 Å². The first kappa shape index (κ1) is 19.3. The van der Waals surface area contributed by atoms with E-state index in [-0.39, 0.29) is 11.8 Å². The zero-order valence-corrected chi connectivity index (χ0v) is 15.1. The second kappa shape index (κ2) is 10.1. The molecule has 0 unspecified atom stereocenters. The topological polar surface area (TPSA) is 76.7 Å². The van der Waals surface area contributed by atoms with E-state index >= 15 is 0 Å². The van der Waals surface area contributed by atoms with E-state index in [0.29, 0.717) is 43.0 Å². The molecule has 2 aromatic carbocycles. The molecule has 0 saturated heterocycles. The van der Waals surface area contributed by atoms with Crippen LogP contribution in [0.15, 0.2) is 48.5 Å². The van der Waals surface area contributed by atoms with Crippen LogP contribution in [0.3, 0.4) is 0 Å². The van der Waals surface area contributed by atoms with E-state index < -0.39 is 0 Å². The van der Waals surface area contributed by atoms with Crippen LogP contribution in [-0.4, -0.2) is 39.1 Å². The minimum atomic E-state index is -0.150. The largest absolute Gasteiger partial charge is 0.497 e. The molecule has 26 heavy (non-hydrogen) atoms. The van der Waals surface area contributed by atoms with Gasteiger partial charge in [-0.25, -0.2) is 0 Å². The third-order valence-electron chi connectivity index (χ3n) is 3.82. The molecule has 0 aromatic heterocycles. The van der Waals surface area contributed by atoms with E-state index in [1.165, 1.54) is 0 Å². The molecule has 2 aromatic rings. The van der Waals surface area contributed by atoms with Gasteiger partial charge in [-0.05, 0) is 36.2 Å². The van der Waals surface area contributed by atoms with Crippen LogP contribution in [0.1, 0.15) is 22.3 Å². The summed E-state index contributed by atoms with van der Waals surface area (Å²) in [6, 6.07) is 14.5. The molecule has 2 amide bonds. The van der Waals surface area contributed by atoms with Gasteiger partial charge in [0.2, 0.25) is 5.91 Å². The van der Waals surface area contributed by atoms with Gasteiger partial charge < -0.3 is 20.1 Å². The number of methoxy groups -OCH3 is 2. The number of nitrogens with one attached hydrogen (secondary N) is 2. The summed E-state index contributed by atoms with van der Waals surface area (Å²) in [5, 5.41) is 5.57. The van der Waals surface area contributed by atoms with Crippen LogP contribution >= 0.6 is 0 Å². The SMILES string of the molecule is COc1cc(CCC(=O)NCCNC(=O)c2ccccc2)cc(OC)c1. The predicted molar refractivity (Wildman–Crippen MR) is 99.7 cm³/mol. The Balaban J connectivity index is 1.70. The minimum Gasteiger partial charge on any atom is -0.497 e. The summed E-state index contributed by atoms with van der Waals surface area (Å²) in [7, 11) is 3.18. The Kier molecular flexibility index (Phi) is 7.49. The normalized spacial score (nSPS) is 10.1. The van der Waals surface area contributed by atoms with E-state index in [4.69, 9.17) is 9.47 Å². The van der Waals surface area contributed by atoms with E-state index in [9.17, 15) is 9.59 Å². The van der Waals surface area contributed by atoms with Gasteiger partial charge in [0.15, 0.2) is 0 Å². The molecular formula is C20H24N2O4. The molecule has 0 aliphatic carbocycles. The van der Waals surface area contributed by atoms with Crippen LogP contribution in [0.5, 0.6) is 11.5 Å². The molecule has 0 atom stereocenters. The Morgan fingerprint density at radius 1 is 0.885 bits per heavy atom. The lowest BCUT2D eigenvalue weighted by Gasteiger charge is -2.09. The van der Waals surface area contributed by atoms with E-state index in [0.717, 1.165) is 5.56 Å². The van der Waals surface area contributed by atoms with Crippen molar-refractivity contribution in [3.63, 3.8) is 0 Å². The zero-order valence-electron chi connectivity index (χ0n) is 15.1. The quantitative estimate of drug-likeness (QED) is 0.675. The van der Waals surface area contributed by atoms with E-state index in [2.05, 4.69) is 10.6 Å². The fourth-order valence-corrected chi connectivity index (χ4v) is 2.43. The van der Waals surface area contributed by atoms with E-state index in [1.807, 2.05) is 30.3 Å². The average molecular weight is 356 g/mol. The molecule has 0 bridgehead atoms. The maximum Gasteiger partial charge on any atom is 0.251 e. The first-order valence-electron chi connectivity index (χ1n) is 8.44. The molecule has 2 N–H and O–H groups in total. The number of rotatable bonds is 9. The molecule has 0 saturated carbocycles. The number of aryl methyl sites for hydroxylation is 1. The summed E-state index contributed by atoms with van der Waals surface area (Å²) in [4.78, 5) is 23.8. The first-order valence-corrected chi connectivity index (χ1v) is 8.44. The summed E-state index contributed by atoms with van der Waals surface area (Å²) in [5.74, 6) is 1.18. The number of benzene rings is 2. The fraction of sp³-hybridized carbons (Fsp3) is 0.300. The summed E-state index contributed by atoms with van der Waals surface area (Å²) >= 11 is 0. The van der Waals surface area contributed by atoms with Gasteiger partial charge in [-0.3, -0.25) is 9.59 Å². The van der Waals surface area contributed by atoms with Crippen molar-refractivity contribution in [3.8, 4) is 11.5 Å². The molecule has 6 heteroatoms. The molecule has 0 fully saturated rings. The zero-order chi connectivity index (χ0) is 18.8. The summed E-state index contributed by atoms with van der Waals surface area (Å²) in [6.07, 6.45) is 0.929. The Hall–Kier alpha value is -3.02. The number of hydrogen-bond donors (Lipinski definition) is 2. The van der Waals surface area contributed by atoms with Crippen molar-refractivity contribution in [2.24, 2.45) is 0 Å². The molecule has 2 rings (SSSR count). The highest BCUT2D eigenvalue weighted by atomic mass is 16.5. The molecule has 138 valence electrons. The van der Waals surface area contributed by atoms with Crippen molar-refractivity contribution in [1.82, 2.24) is 10.6 Å². The van der Waals surface area contributed by atoms with Crippen molar-refractivity contribution in [2.75, 3.05) is 27.3 Å². The van der Waals surface area contributed by atoms with Crippen molar-refractivity contribution in [2.45, 2.75) is 12.8 Å². The number of ether oxygens (including phenoxy) is 2. The second-order valence-electron chi connectivity index (χ2n) is 5.69. The van der Waals surface area contributed by atoms with E-state index in [1.54, 1.807) is 32.4 Å². The molecule has 0 radical (unpaired) electrons. The summed E-state index contributed by atoms with van der Waals surface area (Å²) < 4.78 is 10.4. The highest BCUT2D eigenvalue weighted by molar-refractivity contribution is 5.94. The van der Waals surface area contributed by atoms with Gasteiger partial charge >= 0.3 is 0 Å². The monoisotopic (exact) mass is 356 g/mol. The van der Waals surface area contributed by atoms with Crippen LogP contribution in [0.25, 0.3) is 0 Å². The molecule has 0 aliphatic rings. The van der Waals surface area contributed by atoms with Crippen molar-refractivity contribution in [1.29, 1.82) is 0 Å². The van der Waals surface area contributed by atoms with Crippen LogP contribution in [0.4, 0.5) is 0 Å². The molecule has 6 nitrogen and oxygen atoms in total. The standard InChI is InChI=1S/C20H24N2O4/c1-25-17-12-15(13-18(14-17)26-2)8-9-19(23)21-10-11-22-20(24)16-6-4-3-5-7-16/h3-7,12-14H,8-11H2,1-2H3,(H,21,23)(H,22,24). The molecule has 0 heterocycles. The highest BCUT2D eigenvalue weighted by Gasteiger charge is 2.07. The maximum absolute atomic E-state index is 12.0. The summed E-state index contributed by atoms with van der Waals surface area (Å²) in [6.45, 7) is 0.769. The van der Waals surface area contributed by atoms with Crippen molar-refractivity contribution in [3.05, 3.63) is 59.7 Å². The first-order chi connectivity index (χ1) is 12.6. The van der Waals surface area contributed by atoms with Crippen molar-refractivity contribution < 1.29 is 19.1 Å². The van der Waals surface area contributed by atoms with Gasteiger partial charge in [0, 0.05) is 31.1 Å². The number of hydrogen-bond acceptors (Lipinski definition) is 4. The van der Waals surface area contributed by atoms with Crippen LogP contribution in [-0.2, 0) is 11.2 Å². The lowest BCUT2D eigenvalue weighted by molar-refractivity contribution is -0.121. The number of amides is 2. The van der Waals surface area contributed by atoms with Crippen LogP contribution in [0, 0.1) is 0 Å². The minimum absolute atomic E-state index is 0.0688. The number of carbonyl (C=O) groups excluding carboxylic acids is 2. The fourth-order valence-electron chi connectivity index (χ4n) is 2.43. The molecular weight excluding hydrogens is 332 g/mol.